The summed E-state index contributed by atoms with van der Waals surface area (Å²) < 4.78 is 66.6. The monoisotopic (exact) mass is 288 g/mol. The minimum Gasteiger partial charge on any atom is -0.427 e. The first-order valence-corrected chi connectivity index (χ1v) is 6.51. The Labute approximate surface area is 102 Å². The Kier molecular flexibility index (Phi) is 4.25. The molecular formula is C9H11F3O5S. The van der Waals surface area contributed by atoms with Crippen LogP contribution in [-0.2, 0) is 23.8 Å². The first kappa shape index (κ1) is 14.8. The number of hydrogen-bond acceptors (Lipinski definition) is 5. The van der Waals surface area contributed by atoms with E-state index in [0.717, 1.165) is 0 Å². The van der Waals surface area contributed by atoms with E-state index in [-0.39, 0.29) is 25.0 Å². The van der Waals surface area contributed by atoms with E-state index < -0.39 is 27.4 Å². The lowest BCUT2D eigenvalue weighted by Gasteiger charge is -2.11. The average molecular weight is 288 g/mol. The van der Waals surface area contributed by atoms with Crippen LogP contribution in [0.5, 0.6) is 0 Å². The van der Waals surface area contributed by atoms with Gasteiger partial charge in [-0.2, -0.15) is 21.6 Å². The van der Waals surface area contributed by atoms with Crippen molar-refractivity contribution in [1.29, 1.82) is 0 Å². The number of carbonyl (C=O) groups is 1. The van der Waals surface area contributed by atoms with Crippen LogP contribution >= 0.6 is 0 Å². The third-order valence-corrected chi connectivity index (χ3v) is 3.13. The molecule has 0 aromatic carbocycles. The number of ether oxygens (including phenoxy) is 1. The summed E-state index contributed by atoms with van der Waals surface area (Å²) in [6.07, 6.45) is 0.563. The molecule has 0 saturated carbocycles. The number of rotatable bonds is 4. The minimum atomic E-state index is -5.71. The fourth-order valence-corrected chi connectivity index (χ4v) is 1.81. The minimum absolute atomic E-state index is 0.0123. The van der Waals surface area contributed by atoms with Crippen molar-refractivity contribution in [3.05, 3.63) is 11.5 Å². The van der Waals surface area contributed by atoms with Crippen molar-refractivity contribution in [2.24, 2.45) is 0 Å². The third-order valence-electron chi connectivity index (χ3n) is 2.14. The normalized spacial score (nSPS) is 16.9. The topological polar surface area (TPSA) is 69.7 Å². The summed E-state index contributed by atoms with van der Waals surface area (Å²) in [6, 6.07) is 0. The maximum atomic E-state index is 12.1. The van der Waals surface area contributed by atoms with Crippen molar-refractivity contribution in [2.45, 2.75) is 38.1 Å². The molecule has 9 heteroatoms. The molecular weight excluding hydrogens is 277 g/mol. The van der Waals surface area contributed by atoms with E-state index in [0.29, 0.717) is 6.42 Å². The maximum absolute atomic E-state index is 12.1. The van der Waals surface area contributed by atoms with Crippen LogP contribution in [0.25, 0.3) is 0 Å². The molecule has 104 valence electrons. The van der Waals surface area contributed by atoms with Crippen molar-refractivity contribution >= 4 is 16.1 Å². The van der Waals surface area contributed by atoms with Gasteiger partial charge in [-0.3, -0.25) is 4.79 Å². The highest BCUT2D eigenvalue weighted by molar-refractivity contribution is 7.87. The van der Waals surface area contributed by atoms with Crippen LogP contribution in [0.1, 0.15) is 32.6 Å². The van der Waals surface area contributed by atoms with Crippen molar-refractivity contribution in [3.63, 3.8) is 0 Å². The van der Waals surface area contributed by atoms with Gasteiger partial charge in [-0.05, 0) is 6.42 Å². The molecule has 0 bridgehead atoms. The van der Waals surface area contributed by atoms with Gasteiger partial charge in [-0.25, -0.2) is 0 Å². The summed E-state index contributed by atoms with van der Waals surface area (Å²) in [5.41, 5.74) is -5.50. The molecule has 0 heterocycles. The van der Waals surface area contributed by atoms with Gasteiger partial charge in [0.05, 0.1) is 0 Å². The lowest BCUT2D eigenvalue weighted by Crippen LogP contribution is -2.25. The average Bonchev–Trinajstić information content (AvgIpc) is 2.63. The van der Waals surface area contributed by atoms with Gasteiger partial charge >= 0.3 is 21.6 Å². The van der Waals surface area contributed by atoms with Crippen LogP contribution in [-0.4, -0.2) is 19.9 Å². The van der Waals surface area contributed by atoms with E-state index in [1.807, 2.05) is 0 Å². The van der Waals surface area contributed by atoms with Crippen LogP contribution < -0.4 is 0 Å². The van der Waals surface area contributed by atoms with Gasteiger partial charge in [0, 0.05) is 19.3 Å². The van der Waals surface area contributed by atoms with Crippen LogP contribution in [0.3, 0.4) is 0 Å². The molecule has 1 aliphatic carbocycles. The quantitative estimate of drug-likeness (QED) is 0.450. The summed E-state index contributed by atoms with van der Waals surface area (Å²) in [4.78, 5) is 11.0. The van der Waals surface area contributed by atoms with Gasteiger partial charge in [0.25, 0.3) is 0 Å². The van der Waals surface area contributed by atoms with E-state index >= 15 is 0 Å². The van der Waals surface area contributed by atoms with Crippen LogP contribution in [0.15, 0.2) is 11.5 Å². The van der Waals surface area contributed by atoms with Crippen LogP contribution in [0.4, 0.5) is 13.2 Å². The first-order chi connectivity index (χ1) is 8.17. The third kappa shape index (κ3) is 3.37. The van der Waals surface area contributed by atoms with Gasteiger partial charge < -0.3 is 8.92 Å². The number of hydrogen-bond donors (Lipinski definition) is 0. The highest BCUT2D eigenvalue weighted by atomic mass is 32.2. The molecule has 0 unspecified atom stereocenters. The van der Waals surface area contributed by atoms with Crippen molar-refractivity contribution in [2.75, 3.05) is 0 Å². The van der Waals surface area contributed by atoms with E-state index in [1.165, 1.54) is 6.92 Å². The number of esters is 1. The number of carbonyl (C=O) groups excluding carboxylic acids is 1. The standard InChI is InChI=1S/C9H11F3O5S/c1-2-8(13)16-6-4-3-5-7(6)17-18(14,15)9(10,11)12/h2-5H2,1H3. The van der Waals surface area contributed by atoms with Crippen LogP contribution in [0, 0.1) is 0 Å². The summed E-state index contributed by atoms with van der Waals surface area (Å²) in [6.45, 7) is 1.50. The molecule has 5 nitrogen and oxygen atoms in total. The highest BCUT2D eigenvalue weighted by Crippen LogP contribution is 2.33. The Balaban J connectivity index is 2.88. The van der Waals surface area contributed by atoms with Crippen molar-refractivity contribution in [1.82, 2.24) is 0 Å². The molecule has 0 amide bonds. The Morgan fingerprint density at radius 2 is 1.83 bits per heavy atom. The maximum Gasteiger partial charge on any atom is 0.534 e. The Hall–Kier alpha value is -1.25. The zero-order valence-corrected chi connectivity index (χ0v) is 10.2. The van der Waals surface area contributed by atoms with Gasteiger partial charge in [0.1, 0.15) is 5.76 Å². The molecule has 0 spiro atoms. The summed E-state index contributed by atoms with van der Waals surface area (Å²) in [7, 11) is -5.71. The Bertz CT molecular complexity index is 463. The van der Waals surface area contributed by atoms with Crippen molar-refractivity contribution in [3.8, 4) is 0 Å². The summed E-state index contributed by atoms with van der Waals surface area (Å²) in [5.74, 6) is -1.25. The van der Waals surface area contributed by atoms with E-state index in [2.05, 4.69) is 4.18 Å². The molecule has 18 heavy (non-hydrogen) atoms. The number of allylic oxidation sites excluding steroid dienone is 2. The second-order valence-electron chi connectivity index (χ2n) is 3.51. The fourth-order valence-electron chi connectivity index (χ4n) is 1.27. The van der Waals surface area contributed by atoms with Gasteiger partial charge in [0.2, 0.25) is 0 Å². The second kappa shape index (κ2) is 5.17. The molecule has 0 aliphatic heterocycles. The van der Waals surface area contributed by atoms with Gasteiger partial charge in [0.15, 0.2) is 5.76 Å². The van der Waals surface area contributed by atoms with E-state index in [4.69, 9.17) is 4.74 Å². The van der Waals surface area contributed by atoms with E-state index in [9.17, 15) is 26.4 Å². The zero-order chi connectivity index (χ0) is 14.0. The number of halogens is 3. The van der Waals surface area contributed by atoms with Crippen molar-refractivity contribution < 1.29 is 35.3 Å². The molecule has 0 saturated heterocycles. The van der Waals surface area contributed by atoms with Crippen LogP contribution in [0.2, 0.25) is 0 Å². The van der Waals surface area contributed by atoms with Gasteiger partial charge in [-0.15, -0.1) is 0 Å². The molecule has 0 aromatic heterocycles. The smallest absolute Gasteiger partial charge is 0.427 e. The number of alkyl halides is 3. The molecule has 0 radical (unpaired) electrons. The Morgan fingerprint density at radius 3 is 2.33 bits per heavy atom. The molecule has 0 aromatic rings. The Morgan fingerprint density at radius 1 is 1.28 bits per heavy atom. The molecule has 0 fully saturated rings. The van der Waals surface area contributed by atoms with Gasteiger partial charge in [-0.1, -0.05) is 6.92 Å². The largest absolute Gasteiger partial charge is 0.534 e. The highest BCUT2D eigenvalue weighted by Gasteiger charge is 2.49. The predicted molar refractivity (Wildman–Crippen MR) is 53.3 cm³/mol. The fraction of sp³-hybridized carbons (Fsp3) is 0.667. The zero-order valence-electron chi connectivity index (χ0n) is 9.41. The molecule has 1 aliphatic rings. The lowest BCUT2D eigenvalue weighted by molar-refractivity contribution is -0.139. The van der Waals surface area contributed by atoms with E-state index in [1.54, 1.807) is 0 Å². The SMILES string of the molecule is CCC(=O)OC1=C(OS(=O)(=O)C(F)(F)F)CCC1. The summed E-state index contributed by atoms with van der Waals surface area (Å²) >= 11 is 0. The molecule has 0 atom stereocenters. The molecule has 1 rings (SSSR count). The molecule has 0 N–H and O–H groups in total. The predicted octanol–water partition coefficient (Wildman–Crippen LogP) is 2.20. The summed E-state index contributed by atoms with van der Waals surface area (Å²) in [5, 5.41) is 0. The lowest BCUT2D eigenvalue weighted by atomic mass is 10.3. The second-order valence-corrected chi connectivity index (χ2v) is 5.05. The first-order valence-electron chi connectivity index (χ1n) is 5.11.